The first-order valence-corrected chi connectivity index (χ1v) is 12.6. The molecule has 0 aliphatic carbocycles. The molecule has 0 saturated carbocycles. The Kier molecular flexibility index (Phi) is 8.33. The van der Waals surface area contributed by atoms with E-state index in [1.165, 1.54) is 6.20 Å². The van der Waals surface area contributed by atoms with E-state index < -0.39 is 5.97 Å². The summed E-state index contributed by atoms with van der Waals surface area (Å²) in [5.74, 6) is 0.371. The fraction of sp³-hybridized carbons (Fsp3) is 0.276. The van der Waals surface area contributed by atoms with Crippen molar-refractivity contribution in [2.24, 2.45) is 11.8 Å². The lowest BCUT2D eigenvalue weighted by molar-refractivity contribution is -0.144. The highest BCUT2D eigenvalue weighted by molar-refractivity contribution is 6.36. The Morgan fingerprint density at radius 2 is 1.56 bits per heavy atom. The summed E-state index contributed by atoms with van der Waals surface area (Å²) in [5.41, 5.74) is 3.21. The lowest BCUT2D eigenvalue weighted by Gasteiger charge is -2.37. The van der Waals surface area contributed by atoms with Gasteiger partial charge in [-0.2, -0.15) is 10.5 Å². The molecular weight excluding hydrogens is 518 g/mol. The third kappa shape index (κ3) is 5.64. The number of rotatable bonds is 4. The zero-order valence-corrected chi connectivity index (χ0v) is 22.4. The van der Waals surface area contributed by atoms with E-state index >= 15 is 0 Å². The van der Waals surface area contributed by atoms with Crippen molar-refractivity contribution < 1.29 is 19.4 Å². The van der Waals surface area contributed by atoms with Crippen LogP contribution in [0.5, 0.6) is 11.5 Å². The van der Waals surface area contributed by atoms with Gasteiger partial charge in [-0.1, -0.05) is 18.5 Å². The number of carboxylic acid groups (broad SMARTS) is 1. The first-order chi connectivity index (χ1) is 18.8. The van der Waals surface area contributed by atoms with Crippen LogP contribution >= 0.6 is 11.6 Å². The Morgan fingerprint density at radius 1 is 1.00 bits per heavy atom. The minimum Gasteiger partial charge on any atom is -0.497 e. The molecule has 2 atom stereocenters. The molecule has 0 amide bonds. The molecule has 10 heteroatoms. The minimum absolute atomic E-state index is 0.0178. The number of aromatic nitrogens is 2. The zero-order valence-electron chi connectivity index (χ0n) is 21.7. The standard InChI is InChI=1S/C18H19N3O3.C11H7ClN2O/c1-11-10-21(6-5-14(11)18(22)23)17-12(8-19)9-20-16-7-13(24-2)3-4-15(16)17;1-15-8-2-3-9-10(4-8)14-6-7(5-13)11(9)12/h3-4,7,9,11,14H,5-6,10H2,1-2H3,(H,22,23);2-4,6H,1H3. The van der Waals surface area contributed by atoms with Crippen molar-refractivity contribution >= 4 is 45.1 Å². The fourth-order valence-corrected chi connectivity index (χ4v) is 5.02. The zero-order chi connectivity index (χ0) is 28.1. The molecule has 0 bridgehead atoms. The molecular formula is C29H26ClN5O4. The number of ether oxygens (including phenoxy) is 2. The van der Waals surface area contributed by atoms with Crippen LogP contribution in [-0.2, 0) is 4.79 Å². The summed E-state index contributed by atoms with van der Waals surface area (Å²) < 4.78 is 10.3. The van der Waals surface area contributed by atoms with Crippen LogP contribution in [0.15, 0.2) is 48.8 Å². The predicted molar refractivity (Wildman–Crippen MR) is 148 cm³/mol. The van der Waals surface area contributed by atoms with Crippen molar-refractivity contribution in [3.05, 3.63) is 64.9 Å². The van der Waals surface area contributed by atoms with E-state index in [1.807, 2.05) is 31.2 Å². The Labute approximate surface area is 230 Å². The molecule has 39 heavy (non-hydrogen) atoms. The molecule has 2 aromatic carbocycles. The lowest BCUT2D eigenvalue weighted by Crippen LogP contribution is -2.42. The van der Waals surface area contributed by atoms with Crippen LogP contribution < -0.4 is 14.4 Å². The van der Waals surface area contributed by atoms with E-state index in [0.717, 1.165) is 33.2 Å². The van der Waals surface area contributed by atoms with Crippen LogP contribution in [0.1, 0.15) is 24.5 Å². The summed E-state index contributed by atoms with van der Waals surface area (Å²) in [7, 11) is 3.19. The molecule has 1 saturated heterocycles. The fourth-order valence-electron chi connectivity index (χ4n) is 4.77. The summed E-state index contributed by atoms with van der Waals surface area (Å²) in [4.78, 5) is 21.9. The Bertz CT molecular complexity index is 1630. The van der Waals surface area contributed by atoms with Gasteiger partial charge in [0.25, 0.3) is 0 Å². The third-order valence-electron chi connectivity index (χ3n) is 6.84. The maximum atomic E-state index is 11.3. The topological polar surface area (TPSA) is 132 Å². The number of anilines is 1. The Hall–Kier alpha value is -4.60. The minimum atomic E-state index is -0.744. The number of nitrogens with zero attached hydrogens (tertiary/aromatic N) is 5. The quantitative estimate of drug-likeness (QED) is 0.357. The van der Waals surface area contributed by atoms with Gasteiger partial charge >= 0.3 is 5.97 Å². The molecule has 0 spiro atoms. The van der Waals surface area contributed by atoms with Crippen molar-refractivity contribution in [2.75, 3.05) is 32.2 Å². The Morgan fingerprint density at radius 3 is 2.10 bits per heavy atom. The first kappa shape index (κ1) is 27.4. The summed E-state index contributed by atoms with van der Waals surface area (Å²) in [6.45, 7) is 3.17. The van der Waals surface area contributed by atoms with Gasteiger partial charge in [0, 0.05) is 48.4 Å². The van der Waals surface area contributed by atoms with Gasteiger partial charge in [0.1, 0.15) is 23.6 Å². The number of hydrogen-bond donors (Lipinski definition) is 1. The third-order valence-corrected chi connectivity index (χ3v) is 7.25. The van der Waals surface area contributed by atoms with Crippen LogP contribution in [0.2, 0.25) is 5.02 Å². The second-order valence-corrected chi connectivity index (χ2v) is 9.53. The second kappa shape index (κ2) is 11.8. The number of piperidine rings is 1. The molecule has 2 aromatic heterocycles. The van der Waals surface area contributed by atoms with E-state index in [0.29, 0.717) is 41.4 Å². The highest BCUT2D eigenvalue weighted by Gasteiger charge is 2.32. The van der Waals surface area contributed by atoms with Gasteiger partial charge in [-0.15, -0.1) is 0 Å². The molecule has 1 aliphatic rings. The van der Waals surface area contributed by atoms with Crippen LogP contribution in [0.25, 0.3) is 21.8 Å². The van der Waals surface area contributed by atoms with Crippen molar-refractivity contribution in [3.8, 4) is 23.6 Å². The molecule has 0 radical (unpaired) electrons. The van der Waals surface area contributed by atoms with E-state index in [9.17, 15) is 15.2 Å². The largest absolute Gasteiger partial charge is 0.497 e. The number of carbonyl (C=O) groups is 1. The van der Waals surface area contributed by atoms with E-state index in [1.54, 1.807) is 38.6 Å². The maximum Gasteiger partial charge on any atom is 0.306 e. The molecule has 4 aromatic rings. The molecule has 1 aliphatic heterocycles. The number of hydrogen-bond acceptors (Lipinski definition) is 8. The van der Waals surface area contributed by atoms with Crippen molar-refractivity contribution in [3.63, 3.8) is 0 Å². The number of aliphatic carboxylic acids is 1. The van der Waals surface area contributed by atoms with Crippen LogP contribution in [-0.4, -0.2) is 48.4 Å². The number of methoxy groups -OCH3 is 2. The van der Waals surface area contributed by atoms with Crippen molar-refractivity contribution in [2.45, 2.75) is 13.3 Å². The highest BCUT2D eigenvalue weighted by Crippen LogP contribution is 2.35. The van der Waals surface area contributed by atoms with Gasteiger partial charge in [-0.3, -0.25) is 14.8 Å². The Balaban J connectivity index is 0.000000202. The van der Waals surface area contributed by atoms with Gasteiger partial charge in [0.2, 0.25) is 0 Å². The van der Waals surface area contributed by atoms with Gasteiger partial charge in [0.15, 0.2) is 0 Å². The molecule has 1 N–H and O–H groups in total. The molecule has 198 valence electrons. The highest BCUT2D eigenvalue weighted by atomic mass is 35.5. The van der Waals surface area contributed by atoms with E-state index in [-0.39, 0.29) is 11.8 Å². The second-order valence-electron chi connectivity index (χ2n) is 9.15. The summed E-state index contributed by atoms with van der Waals surface area (Å²) >= 11 is 6.03. The average Bonchev–Trinajstić information content (AvgIpc) is 2.96. The van der Waals surface area contributed by atoms with Gasteiger partial charge in [0.05, 0.1) is 53.0 Å². The summed E-state index contributed by atoms with van der Waals surface area (Å²) in [6, 6.07) is 15.2. The van der Waals surface area contributed by atoms with E-state index in [4.69, 9.17) is 26.3 Å². The number of benzene rings is 2. The molecule has 1 fully saturated rings. The monoisotopic (exact) mass is 543 g/mol. The average molecular weight is 544 g/mol. The van der Waals surface area contributed by atoms with Crippen molar-refractivity contribution in [1.82, 2.24) is 9.97 Å². The first-order valence-electron chi connectivity index (χ1n) is 12.2. The van der Waals surface area contributed by atoms with Gasteiger partial charge in [-0.25, -0.2) is 0 Å². The van der Waals surface area contributed by atoms with Crippen LogP contribution in [0.3, 0.4) is 0 Å². The summed E-state index contributed by atoms with van der Waals surface area (Å²) in [6.07, 6.45) is 3.61. The number of carboxylic acids is 1. The molecule has 5 rings (SSSR count). The molecule has 9 nitrogen and oxygen atoms in total. The van der Waals surface area contributed by atoms with E-state index in [2.05, 4.69) is 20.9 Å². The predicted octanol–water partition coefficient (Wildman–Crippen LogP) is 5.43. The number of pyridine rings is 2. The number of nitriles is 2. The molecule has 2 unspecified atom stereocenters. The normalized spacial score (nSPS) is 16.5. The SMILES string of the molecule is COc1ccc2c(Cl)c(C#N)cnc2c1.COc1ccc2c(N3CCC(C(=O)O)C(C)C3)c(C#N)cnc2c1. The smallest absolute Gasteiger partial charge is 0.306 e. The lowest BCUT2D eigenvalue weighted by atomic mass is 9.86. The van der Waals surface area contributed by atoms with Gasteiger partial charge in [-0.05, 0) is 36.6 Å². The van der Waals surface area contributed by atoms with Crippen LogP contribution in [0.4, 0.5) is 5.69 Å². The maximum absolute atomic E-state index is 11.3. The van der Waals surface area contributed by atoms with Crippen molar-refractivity contribution in [1.29, 1.82) is 10.5 Å². The summed E-state index contributed by atoms with van der Waals surface area (Å²) in [5, 5.41) is 29.6. The number of halogens is 1. The molecule has 3 heterocycles. The number of fused-ring (bicyclic) bond motifs is 2. The van der Waals surface area contributed by atoms with Gasteiger partial charge < -0.3 is 19.5 Å². The van der Waals surface area contributed by atoms with Crippen LogP contribution in [0, 0.1) is 34.5 Å².